The maximum absolute atomic E-state index is 7.32. The fourth-order valence-electron chi connectivity index (χ4n) is 0. The van der Waals surface area contributed by atoms with Crippen molar-refractivity contribution in [3.05, 3.63) is 0 Å². The third kappa shape index (κ3) is 3700000. The lowest BCUT2D eigenvalue weighted by molar-refractivity contribution is 1.49. The summed E-state index contributed by atoms with van der Waals surface area (Å²) in [6.07, 6.45) is 0. The van der Waals surface area contributed by atoms with Crippen LogP contribution in [0.1, 0.15) is 6.92 Å². The van der Waals surface area contributed by atoms with E-state index in [1.165, 1.54) is 6.92 Å². The van der Waals surface area contributed by atoms with Crippen LogP contribution < -0.4 is 0 Å². The lowest BCUT2D eigenvalue weighted by Gasteiger charge is -1.42. The normalized spacial score (nSPS) is 6.33. The first kappa shape index (κ1) is 9.37. The van der Waals surface area contributed by atoms with Gasteiger partial charge in [0.1, 0.15) is 8.83 Å². The van der Waals surface area contributed by atoms with Crippen LogP contribution in [0.5, 0.6) is 0 Å². The van der Waals surface area contributed by atoms with Crippen LogP contribution >= 0.6 is 11.1 Å². The molecule has 0 amide bonds. The van der Waals surface area contributed by atoms with E-state index in [1.807, 2.05) is 6.55 Å². The first-order valence-corrected chi connectivity index (χ1v) is 5.25. The van der Waals surface area contributed by atoms with Crippen LogP contribution in [0, 0.1) is 11.3 Å². The topological polar surface area (TPSA) is 23.8 Å². The van der Waals surface area contributed by atoms with E-state index in [1.54, 1.807) is 6.07 Å². The maximum atomic E-state index is 7.32. The molecule has 0 fully saturated rings. The van der Waals surface area contributed by atoms with Gasteiger partial charge >= 0.3 is 0 Å². The van der Waals surface area contributed by atoms with Gasteiger partial charge in [-0.1, -0.05) is 6.55 Å². The quantitative estimate of drug-likeness (QED) is 0.345. The molecule has 0 spiro atoms. The monoisotopic (exact) mass is 121 g/mol. The second-order valence-electron chi connectivity index (χ2n) is 0.491. The van der Waals surface area contributed by atoms with E-state index in [4.69, 9.17) is 16.3 Å². The molecule has 0 aromatic heterocycles. The molecule has 0 saturated carbocycles. The predicted molar refractivity (Wildman–Crippen MR) is 31.5 cm³/mol. The van der Waals surface area contributed by atoms with Gasteiger partial charge in [0, 0.05) is 6.92 Å². The Bertz CT molecular complexity index is 40.5. The molecule has 6 heavy (non-hydrogen) atoms. The average Bonchev–Trinajstić information content (AvgIpc) is 1.39. The molecular weight excluding hydrogens is 114 g/mol. The standard InChI is InChI=1S/C2H3N.CH5ClSi/c1-2-3;1-3-2/h1H3;3H2,1H3. The molecule has 36 valence electrons. The van der Waals surface area contributed by atoms with Crippen molar-refractivity contribution < 1.29 is 0 Å². The number of nitriles is 1. The van der Waals surface area contributed by atoms with Crippen molar-refractivity contribution in [2.24, 2.45) is 0 Å². The Morgan fingerprint density at radius 1 is 1.83 bits per heavy atom. The van der Waals surface area contributed by atoms with Crippen molar-refractivity contribution in [3.8, 4) is 6.07 Å². The average molecular weight is 122 g/mol. The van der Waals surface area contributed by atoms with Crippen molar-refractivity contribution in [3.63, 3.8) is 0 Å². The van der Waals surface area contributed by atoms with Crippen LogP contribution in [0.15, 0.2) is 0 Å². The van der Waals surface area contributed by atoms with Crippen LogP contribution in [0.25, 0.3) is 0 Å². The Kier molecular flexibility index (Phi) is 31.3. The summed E-state index contributed by atoms with van der Waals surface area (Å²) in [6.45, 7) is 3.46. The van der Waals surface area contributed by atoms with Gasteiger partial charge in [0.15, 0.2) is 0 Å². The van der Waals surface area contributed by atoms with E-state index in [0.717, 1.165) is 0 Å². The van der Waals surface area contributed by atoms with Crippen LogP contribution in [-0.2, 0) is 0 Å². The summed E-state index contributed by atoms with van der Waals surface area (Å²) in [6, 6.07) is 1.75. The summed E-state index contributed by atoms with van der Waals surface area (Å²) in [7, 11) is -0.111. The van der Waals surface area contributed by atoms with E-state index in [2.05, 4.69) is 0 Å². The van der Waals surface area contributed by atoms with E-state index in [9.17, 15) is 0 Å². The highest BCUT2D eigenvalue weighted by Crippen LogP contribution is 1.54. The summed E-state index contributed by atoms with van der Waals surface area (Å²) in [5, 5.41) is 7.32. The Labute approximate surface area is 45.5 Å². The van der Waals surface area contributed by atoms with Gasteiger partial charge in [0.25, 0.3) is 0 Å². The number of hydrogen-bond donors (Lipinski definition) is 0. The zero-order valence-electron chi connectivity index (χ0n) is 4.03. The molecule has 0 aliphatic carbocycles. The highest BCUT2D eigenvalue weighted by Gasteiger charge is 1.42. The molecule has 0 unspecified atom stereocenters. The number of hydrogen-bond acceptors (Lipinski definition) is 1. The predicted octanol–water partition coefficient (Wildman–Crippen LogP) is 0.887. The van der Waals surface area contributed by atoms with Gasteiger partial charge in [-0.3, -0.25) is 0 Å². The molecule has 0 saturated heterocycles. The summed E-state index contributed by atoms with van der Waals surface area (Å²) in [5.41, 5.74) is 0. The summed E-state index contributed by atoms with van der Waals surface area (Å²) >= 11 is 5.14. The second-order valence-corrected chi connectivity index (χ2v) is 2.63. The molecule has 0 aromatic rings. The summed E-state index contributed by atoms with van der Waals surface area (Å²) in [5.74, 6) is 0. The third-order valence-corrected chi connectivity index (χ3v) is 0. The zero-order valence-corrected chi connectivity index (χ0v) is 6.20. The molecule has 0 aliphatic rings. The van der Waals surface area contributed by atoms with E-state index in [0.29, 0.717) is 0 Å². The van der Waals surface area contributed by atoms with Crippen molar-refractivity contribution in [2.75, 3.05) is 0 Å². The van der Waals surface area contributed by atoms with Crippen LogP contribution in [0.2, 0.25) is 6.55 Å². The molecule has 3 heteroatoms. The van der Waals surface area contributed by atoms with Crippen molar-refractivity contribution in [2.45, 2.75) is 13.5 Å². The number of nitrogens with zero attached hydrogens (tertiary/aromatic N) is 1. The molecule has 0 N–H and O–H groups in total. The molecule has 0 aliphatic heterocycles. The van der Waals surface area contributed by atoms with Crippen molar-refractivity contribution in [1.82, 2.24) is 0 Å². The first-order chi connectivity index (χ1) is 2.83. The lowest BCUT2D eigenvalue weighted by Crippen LogP contribution is -1.45. The molecule has 0 rings (SSSR count). The van der Waals surface area contributed by atoms with Crippen LogP contribution in [-0.4, -0.2) is 8.83 Å². The minimum Gasteiger partial charge on any atom is -0.199 e. The Balaban J connectivity index is 0. The summed E-state index contributed by atoms with van der Waals surface area (Å²) in [4.78, 5) is 0. The number of halogens is 1. The van der Waals surface area contributed by atoms with E-state index in [-0.39, 0.29) is 8.83 Å². The van der Waals surface area contributed by atoms with Gasteiger partial charge in [-0.05, 0) is 0 Å². The lowest BCUT2D eigenvalue weighted by atomic mass is 11.0. The molecule has 0 aromatic carbocycles. The SMILES string of the molecule is CC#N.C[SiH2]Cl. The zero-order chi connectivity index (χ0) is 5.41. The molecular formula is C3H8ClNSi. The second kappa shape index (κ2) is 20.0. The van der Waals surface area contributed by atoms with Gasteiger partial charge in [0.05, 0.1) is 6.07 Å². The van der Waals surface area contributed by atoms with Crippen molar-refractivity contribution >= 4 is 19.9 Å². The van der Waals surface area contributed by atoms with Crippen LogP contribution in [0.3, 0.4) is 0 Å². The van der Waals surface area contributed by atoms with Gasteiger partial charge in [-0.2, -0.15) is 16.3 Å². The molecule has 0 heterocycles. The minimum atomic E-state index is -0.111. The Hall–Kier alpha value is -0.00312. The van der Waals surface area contributed by atoms with Gasteiger partial charge in [-0.25, -0.2) is 0 Å². The Morgan fingerprint density at radius 3 is 1.83 bits per heavy atom. The van der Waals surface area contributed by atoms with Crippen LogP contribution in [0.4, 0.5) is 0 Å². The fourth-order valence-corrected chi connectivity index (χ4v) is 0. The molecule has 1 nitrogen and oxygen atoms in total. The highest BCUT2D eigenvalue weighted by molar-refractivity contribution is 6.92. The maximum Gasteiger partial charge on any atom is 0.122 e. The van der Waals surface area contributed by atoms with Crippen molar-refractivity contribution in [1.29, 1.82) is 5.26 Å². The largest absolute Gasteiger partial charge is 0.199 e. The van der Waals surface area contributed by atoms with Gasteiger partial charge in [0.2, 0.25) is 0 Å². The highest BCUT2D eigenvalue weighted by atomic mass is 35.6. The fraction of sp³-hybridized carbons (Fsp3) is 0.667. The van der Waals surface area contributed by atoms with E-state index >= 15 is 0 Å². The molecule has 0 bridgehead atoms. The molecule has 0 radical (unpaired) electrons. The van der Waals surface area contributed by atoms with Gasteiger partial charge < -0.3 is 0 Å². The van der Waals surface area contributed by atoms with Gasteiger partial charge in [-0.15, -0.1) is 0 Å². The minimum absolute atomic E-state index is 0.111. The summed E-state index contributed by atoms with van der Waals surface area (Å²) < 4.78 is 0. The van der Waals surface area contributed by atoms with E-state index < -0.39 is 0 Å². The third-order valence-electron chi connectivity index (χ3n) is 0. The number of rotatable bonds is 0. The smallest absolute Gasteiger partial charge is 0.122 e. The Morgan fingerprint density at radius 2 is 1.83 bits per heavy atom. The first-order valence-electron chi connectivity index (χ1n) is 1.70. The molecule has 0 atom stereocenters.